The van der Waals surface area contributed by atoms with Crippen LogP contribution in [-0.2, 0) is 27.4 Å². The van der Waals surface area contributed by atoms with Crippen LogP contribution in [0.5, 0.6) is 0 Å². The molecule has 0 aromatic carbocycles. The molecule has 1 saturated heterocycles. The van der Waals surface area contributed by atoms with E-state index < -0.39 is 0 Å². The minimum absolute atomic E-state index is 0.0345. The van der Waals surface area contributed by atoms with Crippen molar-refractivity contribution < 1.29 is 14.3 Å². The summed E-state index contributed by atoms with van der Waals surface area (Å²) < 4.78 is 13.0. The van der Waals surface area contributed by atoms with Crippen molar-refractivity contribution in [3.8, 4) is 11.3 Å². The molecule has 1 N–H and O–H groups in total. The molecule has 0 aliphatic carbocycles. The van der Waals surface area contributed by atoms with Crippen molar-refractivity contribution in [1.82, 2.24) is 25.3 Å². The van der Waals surface area contributed by atoms with Crippen LogP contribution in [0.4, 0.5) is 0 Å². The van der Waals surface area contributed by atoms with E-state index in [1.807, 2.05) is 16.8 Å². The fourth-order valence-electron chi connectivity index (χ4n) is 3.02. The molecule has 8 nitrogen and oxygen atoms in total. The van der Waals surface area contributed by atoms with Crippen LogP contribution in [0, 0.1) is 5.92 Å². The van der Waals surface area contributed by atoms with Crippen molar-refractivity contribution in [2.24, 2.45) is 5.92 Å². The first-order valence-electron chi connectivity index (χ1n) is 8.11. The van der Waals surface area contributed by atoms with Gasteiger partial charge in [-0.25, -0.2) is 4.68 Å². The Bertz CT molecular complexity index is 712. The number of ether oxygens (including phenoxy) is 2. The maximum Gasteiger partial charge on any atom is 0.225 e. The zero-order chi connectivity index (χ0) is 16.4. The van der Waals surface area contributed by atoms with Gasteiger partial charge in [-0.3, -0.25) is 9.78 Å². The van der Waals surface area contributed by atoms with E-state index in [2.05, 4.69) is 20.6 Å². The normalized spacial score (nSPS) is 23.0. The van der Waals surface area contributed by atoms with Gasteiger partial charge in [0.1, 0.15) is 5.69 Å². The lowest BCUT2D eigenvalue weighted by Gasteiger charge is -2.24. The number of carbonyl (C=O) groups excluding carboxylic acids is 1. The standard InChI is InChI=1S/C16H19N5O3/c22-16(12-3-5-23-9-12)18-7-13-8-21-14(10-24-13)15(19-20-21)11-2-1-4-17-6-11/h1-2,4,6,12-13H,3,5,7-10H2,(H,18,22). The lowest BCUT2D eigenvalue weighted by Crippen LogP contribution is -2.41. The SMILES string of the molecule is O=C(NCC1Cn2nnc(-c3cccnc3)c2CO1)C1CCOC1. The molecule has 0 bridgehead atoms. The zero-order valence-corrected chi connectivity index (χ0v) is 13.2. The van der Waals surface area contributed by atoms with Gasteiger partial charge in [-0.05, 0) is 18.6 Å². The largest absolute Gasteiger partial charge is 0.381 e. The first-order chi connectivity index (χ1) is 11.8. The fraction of sp³-hybridized carbons (Fsp3) is 0.500. The van der Waals surface area contributed by atoms with Gasteiger partial charge in [-0.15, -0.1) is 5.10 Å². The summed E-state index contributed by atoms with van der Waals surface area (Å²) in [5.74, 6) is 0.00393. The van der Waals surface area contributed by atoms with E-state index in [0.29, 0.717) is 32.9 Å². The highest BCUT2D eigenvalue weighted by Crippen LogP contribution is 2.24. The second-order valence-electron chi connectivity index (χ2n) is 6.05. The van der Waals surface area contributed by atoms with E-state index in [9.17, 15) is 4.79 Å². The lowest BCUT2D eigenvalue weighted by molar-refractivity contribution is -0.126. The fourth-order valence-corrected chi connectivity index (χ4v) is 3.02. The van der Waals surface area contributed by atoms with Crippen LogP contribution < -0.4 is 5.32 Å². The van der Waals surface area contributed by atoms with E-state index in [-0.39, 0.29) is 17.9 Å². The molecule has 0 spiro atoms. The van der Waals surface area contributed by atoms with Crippen molar-refractivity contribution >= 4 is 5.91 Å². The molecule has 1 amide bonds. The smallest absolute Gasteiger partial charge is 0.225 e. The first-order valence-corrected chi connectivity index (χ1v) is 8.11. The van der Waals surface area contributed by atoms with Gasteiger partial charge in [0.2, 0.25) is 5.91 Å². The molecule has 0 saturated carbocycles. The van der Waals surface area contributed by atoms with E-state index in [1.165, 1.54) is 0 Å². The number of hydrogen-bond acceptors (Lipinski definition) is 6. The molecular weight excluding hydrogens is 310 g/mol. The number of fused-ring (bicyclic) bond motifs is 1. The Morgan fingerprint density at radius 2 is 2.42 bits per heavy atom. The quantitative estimate of drug-likeness (QED) is 0.873. The highest BCUT2D eigenvalue weighted by atomic mass is 16.5. The molecule has 0 radical (unpaired) electrons. The summed E-state index contributed by atoms with van der Waals surface area (Å²) in [5, 5.41) is 11.4. The van der Waals surface area contributed by atoms with Crippen molar-refractivity contribution in [1.29, 1.82) is 0 Å². The average Bonchev–Trinajstić information content (AvgIpc) is 3.30. The number of nitrogens with one attached hydrogen (secondary N) is 1. The molecule has 126 valence electrons. The highest BCUT2D eigenvalue weighted by Gasteiger charge is 2.27. The van der Waals surface area contributed by atoms with Gasteiger partial charge in [0.25, 0.3) is 0 Å². The molecule has 2 unspecified atom stereocenters. The minimum Gasteiger partial charge on any atom is -0.381 e. The predicted octanol–water partition coefficient (Wildman–Crippen LogP) is 0.392. The topological polar surface area (TPSA) is 91.2 Å². The van der Waals surface area contributed by atoms with Crippen LogP contribution in [-0.4, -0.2) is 51.7 Å². The third-order valence-corrected chi connectivity index (χ3v) is 4.41. The summed E-state index contributed by atoms with van der Waals surface area (Å²) in [7, 11) is 0. The minimum atomic E-state index is -0.104. The zero-order valence-electron chi connectivity index (χ0n) is 13.2. The van der Waals surface area contributed by atoms with Gasteiger partial charge in [0.05, 0.1) is 37.5 Å². The highest BCUT2D eigenvalue weighted by molar-refractivity contribution is 5.79. The predicted molar refractivity (Wildman–Crippen MR) is 83.8 cm³/mol. The van der Waals surface area contributed by atoms with E-state index in [0.717, 1.165) is 23.4 Å². The first kappa shape index (κ1) is 15.2. The van der Waals surface area contributed by atoms with E-state index in [1.54, 1.807) is 12.4 Å². The monoisotopic (exact) mass is 329 g/mol. The van der Waals surface area contributed by atoms with Gasteiger partial charge < -0.3 is 14.8 Å². The Kier molecular flexibility index (Phi) is 4.22. The number of rotatable bonds is 4. The summed E-state index contributed by atoms with van der Waals surface area (Å²) in [5.41, 5.74) is 2.67. The maximum atomic E-state index is 12.0. The lowest BCUT2D eigenvalue weighted by atomic mass is 10.1. The molecule has 2 aliphatic heterocycles. The van der Waals surface area contributed by atoms with Gasteiger partial charge in [0, 0.05) is 31.1 Å². The van der Waals surface area contributed by atoms with Crippen LogP contribution >= 0.6 is 0 Å². The maximum absolute atomic E-state index is 12.0. The summed E-state index contributed by atoms with van der Waals surface area (Å²) in [6.07, 6.45) is 4.18. The Labute approximate surface area is 139 Å². The van der Waals surface area contributed by atoms with Gasteiger partial charge >= 0.3 is 0 Å². The number of hydrogen-bond donors (Lipinski definition) is 1. The number of carbonyl (C=O) groups is 1. The molecule has 2 aliphatic rings. The van der Waals surface area contributed by atoms with Gasteiger partial charge in [-0.2, -0.15) is 0 Å². The van der Waals surface area contributed by atoms with Gasteiger partial charge in [0.15, 0.2) is 0 Å². The molecule has 24 heavy (non-hydrogen) atoms. The molecule has 2 aromatic heterocycles. The number of aromatic nitrogens is 4. The van der Waals surface area contributed by atoms with Crippen LogP contribution in [0.2, 0.25) is 0 Å². The Morgan fingerprint density at radius 3 is 3.21 bits per heavy atom. The van der Waals surface area contributed by atoms with E-state index >= 15 is 0 Å². The van der Waals surface area contributed by atoms with Crippen molar-refractivity contribution in [3.05, 3.63) is 30.2 Å². The molecule has 1 fully saturated rings. The molecule has 4 rings (SSSR count). The third kappa shape index (κ3) is 3.02. The summed E-state index contributed by atoms with van der Waals surface area (Å²) >= 11 is 0. The Hall–Kier alpha value is -2.32. The third-order valence-electron chi connectivity index (χ3n) is 4.41. The van der Waals surface area contributed by atoms with Crippen LogP contribution in [0.3, 0.4) is 0 Å². The molecule has 2 atom stereocenters. The number of amides is 1. The number of pyridine rings is 1. The van der Waals surface area contributed by atoms with E-state index in [4.69, 9.17) is 9.47 Å². The summed E-state index contributed by atoms with van der Waals surface area (Å²) in [6, 6.07) is 3.82. The second kappa shape index (κ2) is 6.66. The van der Waals surface area contributed by atoms with Crippen LogP contribution in [0.1, 0.15) is 12.1 Å². The van der Waals surface area contributed by atoms with Crippen LogP contribution in [0.15, 0.2) is 24.5 Å². The van der Waals surface area contributed by atoms with Crippen molar-refractivity contribution in [3.63, 3.8) is 0 Å². The molecule has 8 heteroatoms. The number of nitrogens with zero attached hydrogens (tertiary/aromatic N) is 4. The summed E-state index contributed by atoms with van der Waals surface area (Å²) in [4.78, 5) is 16.1. The van der Waals surface area contributed by atoms with Crippen LogP contribution in [0.25, 0.3) is 11.3 Å². The average molecular weight is 329 g/mol. The Balaban J connectivity index is 1.38. The van der Waals surface area contributed by atoms with Gasteiger partial charge in [-0.1, -0.05) is 5.21 Å². The molecule has 4 heterocycles. The molecular formula is C16H19N5O3. The van der Waals surface area contributed by atoms with Crippen molar-refractivity contribution in [2.45, 2.75) is 25.7 Å². The summed E-state index contributed by atoms with van der Waals surface area (Å²) in [6.45, 7) is 2.64. The second-order valence-corrected chi connectivity index (χ2v) is 6.05. The molecule has 2 aromatic rings. The van der Waals surface area contributed by atoms with Crippen molar-refractivity contribution in [2.75, 3.05) is 19.8 Å². The Morgan fingerprint density at radius 1 is 1.46 bits per heavy atom.